The van der Waals surface area contributed by atoms with Gasteiger partial charge < -0.3 is 0 Å². The first kappa shape index (κ1) is 15.5. The van der Waals surface area contributed by atoms with Crippen molar-refractivity contribution < 1.29 is 4.79 Å². The van der Waals surface area contributed by atoms with Crippen molar-refractivity contribution in [1.82, 2.24) is 5.43 Å². The van der Waals surface area contributed by atoms with Gasteiger partial charge in [0.1, 0.15) is 0 Å². The number of rotatable bonds is 4. The molecule has 3 nitrogen and oxygen atoms in total. The lowest BCUT2D eigenvalue weighted by Gasteiger charge is -2.07. The van der Waals surface area contributed by atoms with Crippen LogP contribution in [0.25, 0.3) is 0 Å². The van der Waals surface area contributed by atoms with E-state index in [0.717, 1.165) is 17.7 Å². The molecule has 0 spiro atoms. The van der Waals surface area contributed by atoms with E-state index in [0.29, 0.717) is 5.92 Å². The van der Waals surface area contributed by atoms with Crippen LogP contribution in [0.2, 0.25) is 0 Å². The Bertz CT molecular complexity index is 749. The highest BCUT2D eigenvalue weighted by molar-refractivity contribution is 6.00. The van der Waals surface area contributed by atoms with E-state index in [2.05, 4.69) is 54.7 Å². The molecule has 1 N–H and O–H groups in total. The van der Waals surface area contributed by atoms with Gasteiger partial charge in [-0.25, -0.2) is 5.43 Å². The molecule has 3 heteroatoms. The van der Waals surface area contributed by atoms with E-state index < -0.39 is 0 Å². The second-order valence-electron chi connectivity index (χ2n) is 6.35. The highest BCUT2D eigenvalue weighted by Gasteiger charge is 2.43. The van der Waals surface area contributed by atoms with Gasteiger partial charge in [-0.1, -0.05) is 48.0 Å². The van der Waals surface area contributed by atoms with Crippen molar-refractivity contribution in [3.8, 4) is 0 Å². The van der Waals surface area contributed by atoms with Gasteiger partial charge in [-0.3, -0.25) is 4.79 Å². The largest absolute Gasteiger partial charge is 0.273 e. The predicted octanol–water partition coefficient (Wildman–Crippen LogP) is 3.95. The van der Waals surface area contributed by atoms with Crippen LogP contribution in [0.3, 0.4) is 0 Å². The molecule has 2 atom stereocenters. The third-order valence-corrected chi connectivity index (χ3v) is 4.47. The molecule has 23 heavy (non-hydrogen) atoms. The molecule has 118 valence electrons. The van der Waals surface area contributed by atoms with Crippen LogP contribution >= 0.6 is 0 Å². The third kappa shape index (κ3) is 3.50. The monoisotopic (exact) mass is 306 g/mol. The van der Waals surface area contributed by atoms with Crippen LogP contribution in [0, 0.1) is 19.8 Å². The van der Waals surface area contributed by atoms with Crippen LogP contribution in [0.1, 0.15) is 41.5 Å². The summed E-state index contributed by atoms with van der Waals surface area (Å²) in [6.07, 6.45) is 0.911. The zero-order valence-electron chi connectivity index (χ0n) is 13.8. The maximum atomic E-state index is 12.3. The third-order valence-electron chi connectivity index (χ3n) is 4.47. The Morgan fingerprint density at radius 1 is 1.13 bits per heavy atom. The summed E-state index contributed by atoms with van der Waals surface area (Å²) in [5.41, 5.74) is 8.26. The fourth-order valence-electron chi connectivity index (χ4n) is 2.96. The minimum Gasteiger partial charge on any atom is -0.273 e. The Balaban J connectivity index is 1.64. The van der Waals surface area contributed by atoms with Gasteiger partial charge in [-0.2, -0.15) is 5.10 Å². The first-order chi connectivity index (χ1) is 11.1. The van der Waals surface area contributed by atoms with Gasteiger partial charge in [0.2, 0.25) is 5.91 Å². The highest BCUT2D eigenvalue weighted by atomic mass is 16.2. The lowest BCUT2D eigenvalue weighted by atomic mass is 10.0. The molecule has 1 saturated carbocycles. The molecule has 2 aromatic rings. The number of hydrogen-bond donors (Lipinski definition) is 1. The van der Waals surface area contributed by atoms with Crippen molar-refractivity contribution >= 4 is 11.6 Å². The predicted molar refractivity (Wildman–Crippen MR) is 93.6 cm³/mol. The van der Waals surface area contributed by atoms with E-state index in [-0.39, 0.29) is 11.8 Å². The first-order valence-corrected chi connectivity index (χ1v) is 8.03. The molecule has 2 aromatic carbocycles. The summed E-state index contributed by atoms with van der Waals surface area (Å²) in [6, 6.07) is 16.5. The number of carbonyl (C=O) groups is 1. The molecule has 3 rings (SSSR count). The molecule has 0 aromatic heterocycles. The van der Waals surface area contributed by atoms with Crippen molar-refractivity contribution in [2.75, 3.05) is 0 Å². The van der Waals surface area contributed by atoms with Crippen molar-refractivity contribution in [1.29, 1.82) is 0 Å². The summed E-state index contributed by atoms with van der Waals surface area (Å²) >= 11 is 0. The molecule has 1 aliphatic carbocycles. The Labute approximate surface area is 137 Å². The lowest BCUT2D eigenvalue weighted by Crippen LogP contribution is -2.21. The second-order valence-corrected chi connectivity index (χ2v) is 6.35. The normalized spacial score (nSPS) is 20.2. The Kier molecular flexibility index (Phi) is 4.28. The van der Waals surface area contributed by atoms with Crippen molar-refractivity contribution in [2.45, 2.75) is 33.1 Å². The van der Waals surface area contributed by atoms with E-state index in [1.54, 1.807) is 0 Å². The number of aryl methyl sites for hydroxylation is 2. The van der Waals surface area contributed by atoms with Crippen LogP contribution in [0.5, 0.6) is 0 Å². The van der Waals surface area contributed by atoms with Gasteiger partial charge in [0.15, 0.2) is 0 Å². The molecule has 2 unspecified atom stereocenters. The molecule has 0 bridgehead atoms. The number of benzene rings is 2. The van der Waals surface area contributed by atoms with E-state index in [1.165, 1.54) is 16.7 Å². The van der Waals surface area contributed by atoms with Crippen LogP contribution < -0.4 is 5.43 Å². The molecular formula is C20H22N2O. The molecule has 0 saturated heterocycles. The summed E-state index contributed by atoms with van der Waals surface area (Å²) in [7, 11) is 0. The Hall–Kier alpha value is -2.42. The van der Waals surface area contributed by atoms with Gasteiger partial charge in [0.05, 0.1) is 5.71 Å². The summed E-state index contributed by atoms with van der Waals surface area (Å²) in [6.45, 7) is 6.05. The minimum atomic E-state index is 0.0171. The molecule has 1 amide bonds. The average Bonchev–Trinajstić information content (AvgIpc) is 3.36. The van der Waals surface area contributed by atoms with Crippen LogP contribution in [0.15, 0.2) is 53.6 Å². The average molecular weight is 306 g/mol. The maximum Gasteiger partial charge on any atom is 0.243 e. The quantitative estimate of drug-likeness (QED) is 0.674. The van der Waals surface area contributed by atoms with Crippen LogP contribution in [-0.2, 0) is 4.79 Å². The Morgan fingerprint density at radius 2 is 1.87 bits per heavy atom. The molecule has 1 aliphatic rings. The van der Waals surface area contributed by atoms with Crippen molar-refractivity contribution in [3.05, 3.63) is 70.8 Å². The zero-order chi connectivity index (χ0) is 16.4. The van der Waals surface area contributed by atoms with Crippen molar-refractivity contribution in [3.63, 3.8) is 0 Å². The first-order valence-electron chi connectivity index (χ1n) is 8.03. The summed E-state index contributed by atoms with van der Waals surface area (Å²) in [5.74, 6) is 0.406. The van der Waals surface area contributed by atoms with Crippen molar-refractivity contribution in [2.24, 2.45) is 11.0 Å². The van der Waals surface area contributed by atoms with Gasteiger partial charge in [-0.15, -0.1) is 0 Å². The van der Waals surface area contributed by atoms with E-state index >= 15 is 0 Å². The van der Waals surface area contributed by atoms with Crippen LogP contribution in [0.4, 0.5) is 0 Å². The van der Waals surface area contributed by atoms with E-state index in [1.807, 2.05) is 25.1 Å². The SMILES string of the molecule is CC(=NNC(=O)C1CC1c1ccccc1)c1cc(C)ccc1C. The van der Waals surface area contributed by atoms with E-state index in [4.69, 9.17) is 0 Å². The maximum absolute atomic E-state index is 12.3. The molecule has 0 heterocycles. The van der Waals surface area contributed by atoms with Gasteiger partial charge in [0.25, 0.3) is 0 Å². The molecule has 0 radical (unpaired) electrons. The number of nitrogens with one attached hydrogen (secondary N) is 1. The summed E-state index contributed by atoms with van der Waals surface area (Å²) in [4.78, 5) is 12.3. The topological polar surface area (TPSA) is 41.5 Å². The number of hydrogen-bond acceptors (Lipinski definition) is 2. The number of nitrogens with zero attached hydrogens (tertiary/aromatic N) is 1. The fraction of sp³-hybridized carbons (Fsp3) is 0.300. The van der Waals surface area contributed by atoms with E-state index in [9.17, 15) is 4.79 Å². The standard InChI is InChI=1S/C20H22N2O/c1-13-9-10-14(2)17(11-13)15(3)21-22-20(23)19-12-18(19)16-7-5-4-6-8-16/h4-11,18-19H,12H2,1-3H3,(H,22,23). The van der Waals surface area contributed by atoms with Gasteiger partial charge >= 0.3 is 0 Å². The highest BCUT2D eigenvalue weighted by Crippen LogP contribution is 2.47. The zero-order valence-corrected chi connectivity index (χ0v) is 13.8. The molecule has 0 aliphatic heterocycles. The van der Waals surface area contributed by atoms with Crippen LogP contribution in [-0.4, -0.2) is 11.6 Å². The minimum absolute atomic E-state index is 0.0171. The number of amides is 1. The number of carbonyl (C=O) groups excluding carboxylic acids is 1. The summed E-state index contributed by atoms with van der Waals surface area (Å²) < 4.78 is 0. The number of hydrazone groups is 1. The Morgan fingerprint density at radius 3 is 2.61 bits per heavy atom. The summed E-state index contributed by atoms with van der Waals surface area (Å²) in [5, 5.41) is 4.30. The van der Waals surface area contributed by atoms with Gasteiger partial charge in [-0.05, 0) is 50.3 Å². The smallest absolute Gasteiger partial charge is 0.243 e. The van der Waals surface area contributed by atoms with Gasteiger partial charge in [0, 0.05) is 11.5 Å². The fourth-order valence-corrected chi connectivity index (χ4v) is 2.96. The molecular weight excluding hydrogens is 284 g/mol. The molecule has 1 fully saturated rings. The lowest BCUT2D eigenvalue weighted by molar-refractivity contribution is -0.122. The second kappa shape index (κ2) is 6.37.